The number of anilines is 1. The molecule has 0 radical (unpaired) electrons. The summed E-state index contributed by atoms with van der Waals surface area (Å²) in [6.45, 7) is 4.90. The average molecular weight is 290 g/mol. The van der Waals surface area contributed by atoms with E-state index in [0.29, 0.717) is 0 Å². The van der Waals surface area contributed by atoms with Crippen LogP contribution in [0.1, 0.15) is 24.5 Å². The van der Waals surface area contributed by atoms with Crippen molar-refractivity contribution in [1.82, 2.24) is 9.88 Å². The highest BCUT2D eigenvalue weighted by Crippen LogP contribution is 2.18. The second-order valence-corrected chi connectivity index (χ2v) is 5.33. The first-order valence-electron chi connectivity index (χ1n) is 6.84. The number of pyridine rings is 1. The molecule has 3 nitrogen and oxygen atoms in total. The van der Waals surface area contributed by atoms with Crippen LogP contribution in [0.3, 0.4) is 0 Å². The number of halogens is 1. The molecule has 0 aliphatic heterocycles. The molecule has 4 heteroatoms. The summed E-state index contributed by atoms with van der Waals surface area (Å²) in [5.74, 6) is 0. The Balaban J connectivity index is 2.09. The van der Waals surface area contributed by atoms with E-state index < -0.39 is 0 Å². The summed E-state index contributed by atoms with van der Waals surface area (Å²) in [4.78, 5) is 6.40. The Morgan fingerprint density at radius 2 is 2.10 bits per heavy atom. The largest absolute Gasteiger partial charge is 0.399 e. The van der Waals surface area contributed by atoms with Crippen LogP contribution in [-0.2, 0) is 13.1 Å². The summed E-state index contributed by atoms with van der Waals surface area (Å²) in [6.07, 6.45) is 4.58. The molecule has 2 N–H and O–H groups in total. The molecule has 2 rings (SSSR count). The third kappa shape index (κ3) is 4.22. The van der Waals surface area contributed by atoms with Crippen LogP contribution in [0, 0.1) is 0 Å². The lowest BCUT2D eigenvalue weighted by Crippen LogP contribution is -2.23. The molecular formula is C16H20ClN3. The van der Waals surface area contributed by atoms with Crippen molar-refractivity contribution in [3.05, 3.63) is 58.9 Å². The number of rotatable bonds is 6. The van der Waals surface area contributed by atoms with Crippen molar-refractivity contribution in [1.29, 1.82) is 0 Å². The fourth-order valence-electron chi connectivity index (χ4n) is 2.25. The Kier molecular flexibility index (Phi) is 5.39. The van der Waals surface area contributed by atoms with Crippen LogP contribution in [-0.4, -0.2) is 16.4 Å². The molecule has 0 amide bonds. The molecule has 0 atom stereocenters. The fraction of sp³-hybridized carbons (Fsp3) is 0.312. The van der Waals surface area contributed by atoms with E-state index in [4.69, 9.17) is 17.3 Å². The highest BCUT2D eigenvalue weighted by atomic mass is 35.5. The minimum absolute atomic E-state index is 0.723. The Morgan fingerprint density at radius 1 is 1.25 bits per heavy atom. The summed E-state index contributed by atoms with van der Waals surface area (Å²) in [5, 5.41) is 0.723. The number of nitrogen functional groups attached to an aromatic ring is 1. The van der Waals surface area contributed by atoms with Gasteiger partial charge in [0, 0.05) is 31.2 Å². The molecule has 0 spiro atoms. The monoisotopic (exact) mass is 289 g/mol. The molecule has 1 aromatic heterocycles. The lowest BCUT2D eigenvalue weighted by Gasteiger charge is -2.22. The molecule has 0 bridgehead atoms. The number of aromatic nitrogens is 1. The summed E-state index contributed by atoms with van der Waals surface area (Å²) in [7, 11) is 0. The van der Waals surface area contributed by atoms with Gasteiger partial charge in [0.15, 0.2) is 0 Å². The summed E-state index contributed by atoms with van der Waals surface area (Å²) < 4.78 is 0. The SMILES string of the molecule is CCCN(Cc1cccc(N)c1)Cc1ccncc1Cl. The molecular weight excluding hydrogens is 270 g/mol. The van der Waals surface area contributed by atoms with Crippen LogP contribution in [0.2, 0.25) is 5.02 Å². The highest BCUT2D eigenvalue weighted by molar-refractivity contribution is 6.31. The molecule has 1 aromatic carbocycles. The van der Waals surface area contributed by atoms with Crippen LogP contribution in [0.4, 0.5) is 5.69 Å². The van der Waals surface area contributed by atoms with Crippen LogP contribution in [0.5, 0.6) is 0 Å². The predicted molar refractivity (Wildman–Crippen MR) is 84.5 cm³/mol. The van der Waals surface area contributed by atoms with Crippen LogP contribution in [0.15, 0.2) is 42.7 Å². The van der Waals surface area contributed by atoms with E-state index in [9.17, 15) is 0 Å². The standard InChI is InChI=1S/C16H20ClN3/c1-2-8-20(11-13-4-3-5-15(18)9-13)12-14-6-7-19-10-16(14)17/h3-7,9-10H,2,8,11-12,18H2,1H3. The third-order valence-electron chi connectivity index (χ3n) is 3.15. The number of benzene rings is 1. The Bertz CT molecular complexity index is 557. The number of hydrogen-bond acceptors (Lipinski definition) is 3. The van der Waals surface area contributed by atoms with Gasteiger partial charge in [-0.3, -0.25) is 9.88 Å². The lowest BCUT2D eigenvalue weighted by molar-refractivity contribution is 0.257. The fourth-order valence-corrected chi connectivity index (χ4v) is 2.43. The minimum atomic E-state index is 0.723. The molecule has 0 fully saturated rings. The number of nitrogens with two attached hydrogens (primary N) is 1. The molecule has 20 heavy (non-hydrogen) atoms. The van der Waals surface area contributed by atoms with Crippen molar-refractivity contribution in [2.75, 3.05) is 12.3 Å². The minimum Gasteiger partial charge on any atom is -0.399 e. The van der Waals surface area contributed by atoms with E-state index in [2.05, 4.69) is 22.9 Å². The van der Waals surface area contributed by atoms with E-state index in [-0.39, 0.29) is 0 Å². The van der Waals surface area contributed by atoms with Crippen molar-refractivity contribution >= 4 is 17.3 Å². The normalized spacial score (nSPS) is 10.9. The molecule has 0 aliphatic carbocycles. The van der Waals surface area contributed by atoms with E-state index in [1.807, 2.05) is 24.3 Å². The maximum atomic E-state index is 6.19. The Labute approximate surface area is 125 Å². The second-order valence-electron chi connectivity index (χ2n) is 4.92. The molecule has 2 aromatic rings. The van der Waals surface area contributed by atoms with Gasteiger partial charge >= 0.3 is 0 Å². The molecule has 1 heterocycles. The van der Waals surface area contributed by atoms with E-state index in [0.717, 1.165) is 42.3 Å². The quantitative estimate of drug-likeness (QED) is 0.824. The van der Waals surface area contributed by atoms with Gasteiger partial charge in [-0.25, -0.2) is 0 Å². The second kappa shape index (κ2) is 7.27. The molecule has 106 valence electrons. The molecule has 0 saturated carbocycles. The van der Waals surface area contributed by atoms with Gasteiger partial charge in [-0.1, -0.05) is 30.7 Å². The van der Waals surface area contributed by atoms with Gasteiger partial charge in [-0.05, 0) is 42.3 Å². The first-order chi connectivity index (χ1) is 9.69. The smallest absolute Gasteiger partial charge is 0.0634 e. The van der Waals surface area contributed by atoms with Gasteiger partial charge in [-0.15, -0.1) is 0 Å². The maximum Gasteiger partial charge on any atom is 0.0634 e. The number of nitrogens with zero attached hydrogens (tertiary/aromatic N) is 2. The average Bonchev–Trinajstić information content (AvgIpc) is 2.42. The Hall–Kier alpha value is -1.58. The van der Waals surface area contributed by atoms with Gasteiger partial charge in [0.1, 0.15) is 0 Å². The lowest BCUT2D eigenvalue weighted by atomic mass is 10.1. The zero-order valence-corrected chi connectivity index (χ0v) is 12.5. The molecule has 0 saturated heterocycles. The first-order valence-corrected chi connectivity index (χ1v) is 7.22. The number of hydrogen-bond donors (Lipinski definition) is 1. The summed E-state index contributed by atoms with van der Waals surface area (Å²) in [5.41, 5.74) is 8.98. The summed E-state index contributed by atoms with van der Waals surface area (Å²) in [6, 6.07) is 10.0. The van der Waals surface area contributed by atoms with Crippen LogP contribution >= 0.6 is 11.6 Å². The van der Waals surface area contributed by atoms with Gasteiger partial charge in [0.25, 0.3) is 0 Å². The van der Waals surface area contributed by atoms with Gasteiger partial charge in [0.05, 0.1) is 5.02 Å². The van der Waals surface area contributed by atoms with Crippen LogP contribution < -0.4 is 5.73 Å². The van der Waals surface area contributed by atoms with Gasteiger partial charge in [0.2, 0.25) is 0 Å². The van der Waals surface area contributed by atoms with E-state index in [1.165, 1.54) is 5.56 Å². The van der Waals surface area contributed by atoms with Gasteiger partial charge in [-0.2, -0.15) is 0 Å². The zero-order chi connectivity index (χ0) is 14.4. The first kappa shape index (κ1) is 14.8. The zero-order valence-electron chi connectivity index (χ0n) is 11.7. The predicted octanol–water partition coefficient (Wildman–Crippen LogP) is 3.73. The van der Waals surface area contributed by atoms with Crippen molar-refractivity contribution in [3.63, 3.8) is 0 Å². The van der Waals surface area contributed by atoms with E-state index in [1.54, 1.807) is 12.4 Å². The van der Waals surface area contributed by atoms with Gasteiger partial charge < -0.3 is 5.73 Å². The third-order valence-corrected chi connectivity index (χ3v) is 3.49. The molecule has 0 aliphatic rings. The van der Waals surface area contributed by atoms with Crippen LogP contribution in [0.25, 0.3) is 0 Å². The Morgan fingerprint density at radius 3 is 2.80 bits per heavy atom. The van der Waals surface area contributed by atoms with Crippen molar-refractivity contribution in [3.8, 4) is 0 Å². The summed E-state index contributed by atoms with van der Waals surface area (Å²) >= 11 is 6.19. The van der Waals surface area contributed by atoms with E-state index >= 15 is 0 Å². The van der Waals surface area contributed by atoms with Crippen molar-refractivity contribution in [2.24, 2.45) is 0 Å². The topological polar surface area (TPSA) is 42.1 Å². The maximum absolute atomic E-state index is 6.19. The van der Waals surface area contributed by atoms with Crippen molar-refractivity contribution in [2.45, 2.75) is 26.4 Å². The molecule has 0 unspecified atom stereocenters. The highest BCUT2D eigenvalue weighted by Gasteiger charge is 2.09. The van der Waals surface area contributed by atoms with Crippen molar-refractivity contribution < 1.29 is 0 Å².